The first-order valence-electron chi connectivity index (χ1n) is 10.5. The second kappa shape index (κ2) is 10.4. The number of amides is 1. The Balaban J connectivity index is 1.88. The maximum absolute atomic E-state index is 13.1. The van der Waals surface area contributed by atoms with Gasteiger partial charge in [0.25, 0.3) is 15.9 Å². The van der Waals surface area contributed by atoms with Crippen LogP contribution in [0, 0.1) is 13.8 Å². The van der Waals surface area contributed by atoms with Crippen LogP contribution in [0.3, 0.4) is 0 Å². The Morgan fingerprint density at radius 1 is 0.971 bits per heavy atom. The smallest absolute Gasteiger partial charge is 0.263 e. The molecular weight excluding hydrogens is 476 g/mol. The monoisotopic (exact) mass is 502 g/mol. The fourth-order valence-electron chi connectivity index (χ4n) is 3.43. The highest BCUT2D eigenvalue weighted by molar-refractivity contribution is 7.92. The summed E-state index contributed by atoms with van der Waals surface area (Å²) in [4.78, 5) is 12.8. The molecule has 0 saturated heterocycles. The molecule has 0 bridgehead atoms. The molecule has 3 aromatic carbocycles. The summed E-state index contributed by atoms with van der Waals surface area (Å²) in [7, 11) is -0.945. The first-order chi connectivity index (χ1) is 16.1. The summed E-state index contributed by atoms with van der Waals surface area (Å²) in [5.41, 5.74) is 2.99. The van der Waals surface area contributed by atoms with Crippen LogP contribution in [0.25, 0.3) is 0 Å². The van der Waals surface area contributed by atoms with Crippen molar-refractivity contribution in [2.24, 2.45) is 0 Å². The van der Waals surface area contributed by atoms with Gasteiger partial charge in [-0.2, -0.15) is 0 Å². The van der Waals surface area contributed by atoms with Crippen LogP contribution < -0.4 is 19.5 Å². The summed E-state index contributed by atoms with van der Waals surface area (Å²) in [6, 6.07) is 14.4. The van der Waals surface area contributed by atoms with Crippen LogP contribution in [0.2, 0.25) is 5.02 Å². The van der Waals surface area contributed by atoms with Gasteiger partial charge in [-0.1, -0.05) is 23.7 Å². The predicted octanol–water partition coefficient (Wildman–Crippen LogP) is 5.27. The summed E-state index contributed by atoms with van der Waals surface area (Å²) < 4.78 is 39.4. The zero-order valence-electron chi connectivity index (χ0n) is 19.6. The number of methoxy groups -OCH3 is 2. The van der Waals surface area contributed by atoms with Gasteiger partial charge in [-0.25, -0.2) is 8.42 Å². The number of aryl methyl sites for hydroxylation is 2. The van der Waals surface area contributed by atoms with Crippen LogP contribution in [0.15, 0.2) is 59.5 Å². The molecule has 0 saturated carbocycles. The van der Waals surface area contributed by atoms with Gasteiger partial charge in [0.1, 0.15) is 16.4 Å². The van der Waals surface area contributed by atoms with Crippen molar-refractivity contribution in [1.29, 1.82) is 0 Å². The Hall–Kier alpha value is -3.23. The molecule has 0 aliphatic rings. The van der Waals surface area contributed by atoms with Crippen molar-refractivity contribution in [2.45, 2.75) is 31.7 Å². The molecule has 0 fully saturated rings. The molecule has 0 aromatic heterocycles. The molecule has 0 spiro atoms. The molecule has 180 valence electrons. The van der Waals surface area contributed by atoms with Crippen LogP contribution in [-0.2, 0) is 10.0 Å². The largest absolute Gasteiger partial charge is 0.497 e. The van der Waals surface area contributed by atoms with Crippen molar-refractivity contribution in [3.63, 3.8) is 0 Å². The van der Waals surface area contributed by atoms with Gasteiger partial charge < -0.3 is 14.8 Å². The van der Waals surface area contributed by atoms with Gasteiger partial charge >= 0.3 is 0 Å². The van der Waals surface area contributed by atoms with Gasteiger partial charge in [-0.15, -0.1) is 0 Å². The molecular formula is C25H27ClN2O5S. The Bertz CT molecular complexity index is 1320. The van der Waals surface area contributed by atoms with E-state index in [9.17, 15) is 13.2 Å². The van der Waals surface area contributed by atoms with Crippen molar-refractivity contribution in [2.75, 3.05) is 18.9 Å². The third-order valence-electron chi connectivity index (χ3n) is 5.37. The van der Waals surface area contributed by atoms with Crippen LogP contribution in [0.5, 0.6) is 11.5 Å². The number of benzene rings is 3. The third kappa shape index (κ3) is 5.63. The molecule has 0 heterocycles. The lowest BCUT2D eigenvalue weighted by Gasteiger charge is -2.19. The Kier molecular flexibility index (Phi) is 7.74. The van der Waals surface area contributed by atoms with E-state index in [0.29, 0.717) is 22.7 Å². The number of anilines is 1. The maximum atomic E-state index is 13.1. The van der Waals surface area contributed by atoms with E-state index in [1.807, 2.05) is 19.1 Å². The van der Waals surface area contributed by atoms with Gasteiger partial charge in [0.15, 0.2) is 0 Å². The number of halogens is 1. The summed E-state index contributed by atoms with van der Waals surface area (Å²) in [5.74, 6) is 0.747. The molecule has 1 amide bonds. The molecule has 3 rings (SSSR count). The fraction of sp³-hybridized carbons (Fsp3) is 0.240. The summed E-state index contributed by atoms with van der Waals surface area (Å²) in [6.07, 6.45) is 0. The number of carbonyl (C=O) groups is 1. The van der Waals surface area contributed by atoms with E-state index in [4.69, 9.17) is 21.1 Å². The summed E-state index contributed by atoms with van der Waals surface area (Å²) >= 11 is 6.22. The highest BCUT2D eigenvalue weighted by atomic mass is 35.5. The van der Waals surface area contributed by atoms with Crippen molar-refractivity contribution >= 4 is 33.2 Å². The van der Waals surface area contributed by atoms with Crippen LogP contribution in [-0.4, -0.2) is 28.5 Å². The standard InChI is InChI=1S/C25H27ClN2O5S/c1-15-6-7-16(2)22(12-15)28-34(30,31)24-13-18(8-10-21(24)26)25(29)27-17(3)20-14-19(32-4)9-11-23(20)33-5/h6-14,17,28H,1-5H3,(H,27,29)/t17-/m1/s1. The Morgan fingerprint density at radius 2 is 1.71 bits per heavy atom. The van der Waals surface area contributed by atoms with Crippen molar-refractivity contribution in [1.82, 2.24) is 5.32 Å². The first-order valence-corrected chi connectivity index (χ1v) is 12.3. The number of carbonyl (C=O) groups excluding carboxylic acids is 1. The van der Waals surface area contributed by atoms with Crippen molar-refractivity contribution in [3.8, 4) is 11.5 Å². The average molecular weight is 503 g/mol. The number of rotatable bonds is 8. The number of hydrogen-bond acceptors (Lipinski definition) is 5. The highest BCUT2D eigenvalue weighted by Crippen LogP contribution is 2.30. The molecule has 7 nitrogen and oxygen atoms in total. The fourth-order valence-corrected chi connectivity index (χ4v) is 5.08. The van der Waals surface area contributed by atoms with Crippen LogP contribution >= 0.6 is 11.6 Å². The van der Waals surface area contributed by atoms with E-state index in [2.05, 4.69) is 10.0 Å². The summed E-state index contributed by atoms with van der Waals surface area (Å²) in [6.45, 7) is 5.47. The number of hydrogen-bond donors (Lipinski definition) is 2. The minimum absolute atomic E-state index is 0.0110. The van der Waals surface area contributed by atoms with Gasteiger partial charge in [0.2, 0.25) is 0 Å². The van der Waals surface area contributed by atoms with Gasteiger partial charge in [-0.3, -0.25) is 9.52 Å². The quantitative estimate of drug-likeness (QED) is 0.438. The molecule has 2 N–H and O–H groups in total. The molecule has 1 atom stereocenters. The lowest BCUT2D eigenvalue weighted by molar-refractivity contribution is 0.0939. The zero-order valence-corrected chi connectivity index (χ0v) is 21.2. The lowest BCUT2D eigenvalue weighted by atomic mass is 10.1. The zero-order chi connectivity index (χ0) is 25.0. The number of nitrogens with one attached hydrogen (secondary N) is 2. The lowest BCUT2D eigenvalue weighted by Crippen LogP contribution is -2.27. The van der Waals surface area contributed by atoms with E-state index < -0.39 is 22.0 Å². The molecule has 34 heavy (non-hydrogen) atoms. The predicted molar refractivity (Wildman–Crippen MR) is 134 cm³/mol. The minimum Gasteiger partial charge on any atom is -0.497 e. The van der Waals surface area contributed by atoms with Crippen molar-refractivity contribution < 1.29 is 22.7 Å². The topological polar surface area (TPSA) is 93.7 Å². The first kappa shape index (κ1) is 25.4. The minimum atomic E-state index is -4.04. The average Bonchev–Trinajstić information content (AvgIpc) is 2.80. The Labute approximate surface area is 205 Å². The Morgan fingerprint density at radius 3 is 2.38 bits per heavy atom. The SMILES string of the molecule is COc1ccc(OC)c([C@@H](C)NC(=O)c2ccc(Cl)c(S(=O)(=O)Nc3cc(C)ccc3C)c2)c1. The molecule has 0 unspecified atom stereocenters. The van der Waals surface area contributed by atoms with Crippen LogP contribution in [0.4, 0.5) is 5.69 Å². The van der Waals surface area contributed by atoms with Gasteiger partial charge in [0, 0.05) is 11.1 Å². The molecule has 0 aliphatic heterocycles. The van der Waals surface area contributed by atoms with Crippen LogP contribution in [0.1, 0.15) is 40.0 Å². The normalized spacial score (nSPS) is 12.1. The second-order valence-corrected chi connectivity index (χ2v) is 9.93. The number of sulfonamides is 1. The van der Waals surface area contributed by atoms with Crippen molar-refractivity contribution in [3.05, 3.63) is 81.9 Å². The molecule has 0 radical (unpaired) electrons. The second-order valence-electron chi connectivity index (χ2n) is 7.87. The molecule has 3 aromatic rings. The van der Waals surface area contributed by atoms with E-state index >= 15 is 0 Å². The van der Waals surface area contributed by atoms with E-state index in [1.54, 1.807) is 52.3 Å². The van der Waals surface area contributed by atoms with E-state index in [0.717, 1.165) is 11.1 Å². The third-order valence-corrected chi connectivity index (χ3v) is 7.22. The highest BCUT2D eigenvalue weighted by Gasteiger charge is 2.22. The van der Waals surface area contributed by atoms with Gasteiger partial charge in [0.05, 0.1) is 31.0 Å². The summed E-state index contributed by atoms with van der Waals surface area (Å²) in [5, 5.41) is 2.88. The van der Waals surface area contributed by atoms with E-state index in [-0.39, 0.29) is 15.5 Å². The number of ether oxygens (including phenoxy) is 2. The van der Waals surface area contributed by atoms with Gasteiger partial charge in [-0.05, 0) is 74.4 Å². The van der Waals surface area contributed by atoms with E-state index in [1.165, 1.54) is 18.2 Å². The molecule has 0 aliphatic carbocycles. The maximum Gasteiger partial charge on any atom is 0.263 e. The molecule has 9 heteroatoms.